The fourth-order valence-electron chi connectivity index (χ4n) is 3.73. The molecule has 1 aliphatic rings. The summed E-state index contributed by atoms with van der Waals surface area (Å²) in [4.78, 5) is 20.3. The van der Waals surface area contributed by atoms with Crippen LogP contribution in [-0.2, 0) is 16.1 Å². The third-order valence-corrected chi connectivity index (χ3v) is 5.49. The molecule has 0 unspecified atom stereocenters. The SMILES string of the molecule is COc1ccccc1-c1nc(Cc2c(C)cc(OCC3=NOC(=O)C3)c(F)c2C)ccc1O. The zero-order chi connectivity index (χ0) is 23.5. The maximum absolute atomic E-state index is 15.1. The summed E-state index contributed by atoms with van der Waals surface area (Å²) in [5.74, 6) is -0.222. The Kier molecular flexibility index (Phi) is 6.26. The van der Waals surface area contributed by atoms with Gasteiger partial charge in [0.15, 0.2) is 11.6 Å². The van der Waals surface area contributed by atoms with Crippen LogP contribution in [0.25, 0.3) is 11.3 Å². The van der Waals surface area contributed by atoms with E-state index in [0.29, 0.717) is 40.4 Å². The van der Waals surface area contributed by atoms with Crippen LogP contribution in [0.2, 0.25) is 0 Å². The minimum Gasteiger partial charge on any atom is -0.506 e. The van der Waals surface area contributed by atoms with Gasteiger partial charge in [-0.05, 0) is 60.9 Å². The van der Waals surface area contributed by atoms with Crippen molar-refractivity contribution in [2.24, 2.45) is 5.16 Å². The number of oxime groups is 1. The molecule has 1 N–H and O–H groups in total. The summed E-state index contributed by atoms with van der Waals surface area (Å²) in [5, 5.41) is 14.0. The number of nitrogens with zero attached hydrogens (tertiary/aromatic N) is 2. The summed E-state index contributed by atoms with van der Waals surface area (Å²) in [7, 11) is 1.56. The molecule has 0 radical (unpaired) electrons. The topological polar surface area (TPSA) is 90.2 Å². The minimum absolute atomic E-state index is 0.0251. The van der Waals surface area contributed by atoms with Gasteiger partial charge in [-0.1, -0.05) is 17.3 Å². The number of hydrogen-bond donors (Lipinski definition) is 1. The summed E-state index contributed by atoms with van der Waals surface area (Å²) in [6.07, 6.45) is 0.408. The fraction of sp³-hybridized carbons (Fsp3) is 0.240. The first-order chi connectivity index (χ1) is 15.9. The Labute approximate surface area is 190 Å². The van der Waals surface area contributed by atoms with Gasteiger partial charge in [-0.3, -0.25) is 0 Å². The zero-order valence-electron chi connectivity index (χ0n) is 18.5. The van der Waals surface area contributed by atoms with Crippen LogP contribution in [0.1, 0.15) is 28.8 Å². The van der Waals surface area contributed by atoms with Gasteiger partial charge in [0, 0.05) is 17.7 Å². The second-order valence-electron chi connectivity index (χ2n) is 7.74. The molecule has 170 valence electrons. The Hall–Kier alpha value is -3.94. The second-order valence-corrected chi connectivity index (χ2v) is 7.74. The lowest BCUT2D eigenvalue weighted by Crippen LogP contribution is -2.12. The lowest BCUT2D eigenvalue weighted by atomic mass is 9.96. The van der Waals surface area contributed by atoms with Gasteiger partial charge in [0.1, 0.15) is 29.5 Å². The lowest BCUT2D eigenvalue weighted by Gasteiger charge is -2.16. The molecule has 4 rings (SSSR count). The third-order valence-electron chi connectivity index (χ3n) is 5.49. The molecule has 0 aliphatic carbocycles. The molecule has 2 aromatic carbocycles. The van der Waals surface area contributed by atoms with E-state index in [1.165, 1.54) is 0 Å². The molecule has 7 nitrogen and oxygen atoms in total. The molecule has 0 saturated heterocycles. The number of ether oxygens (including phenoxy) is 2. The average molecular weight is 450 g/mol. The van der Waals surface area contributed by atoms with Crippen LogP contribution < -0.4 is 9.47 Å². The molecule has 0 saturated carbocycles. The van der Waals surface area contributed by atoms with Crippen LogP contribution in [-0.4, -0.2) is 35.5 Å². The molecule has 2 heterocycles. The van der Waals surface area contributed by atoms with Crippen molar-refractivity contribution in [1.29, 1.82) is 0 Å². The summed E-state index contributed by atoms with van der Waals surface area (Å²) in [5.41, 5.74) is 4.20. The molecular formula is C25H23FN2O5. The maximum atomic E-state index is 15.1. The smallest absolute Gasteiger partial charge is 0.340 e. The molecular weight excluding hydrogens is 427 g/mol. The van der Waals surface area contributed by atoms with Gasteiger partial charge in [-0.2, -0.15) is 0 Å². The van der Waals surface area contributed by atoms with Crippen LogP contribution in [0.15, 0.2) is 47.6 Å². The Morgan fingerprint density at radius 1 is 1.15 bits per heavy atom. The van der Waals surface area contributed by atoms with Crippen LogP contribution in [0.5, 0.6) is 17.2 Å². The van der Waals surface area contributed by atoms with Crippen molar-refractivity contribution in [2.75, 3.05) is 13.7 Å². The van der Waals surface area contributed by atoms with E-state index in [0.717, 1.165) is 11.1 Å². The largest absolute Gasteiger partial charge is 0.506 e. The summed E-state index contributed by atoms with van der Waals surface area (Å²) >= 11 is 0. The number of carbonyl (C=O) groups is 1. The van der Waals surface area contributed by atoms with Crippen LogP contribution in [0.4, 0.5) is 4.39 Å². The van der Waals surface area contributed by atoms with Gasteiger partial charge in [0.2, 0.25) is 0 Å². The Balaban J connectivity index is 1.60. The average Bonchev–Trinajstić information content (AvgIpc) is 3.24. The molecule has 0 spiro atoms. The molecule has 0 bridgehead atoms. The number of aryl methyl sites for hydroxylation is 1. The highest BCUT2D eigenvalue weighted by atomic mass is 19.1. The fourth-order valence-corrected chi connectivity index (χ4v) is 3.73. The van der Waals surface area contributed by atoms with Crippen molar-refractivity contribution in [3.05, 3.63) is 70.7 Å². The zero-order valence-corrected chi connectivity index (χ0v) is 18.5. The number of para-hydroxylation sites is 1. The number of benzene rings is 2. The van der Waals surface area contributed by atoms with Gasteiger partial charge < -0.3 is 19.4 Å². The Morgan fingerprint density at radius 3 is 2.67 bits per heavy atom. The van der Waals surface area contributed by atoms with E-state index < -0.39 is 11.8 Å². The van der Waals surface area contributed by atoms with E-state index >= 15 is 4.39 Å². The maximum Gasteiger partial charge on any atom is 0.340 e. The number of methoxy groups -OCH3 is 1. The van der Waals surface area contributed by atoms with Crippen LogP contribution in [0, 0.1) is 19.7 Å². The van der Waals surface area contributed by atoms with Crippen LogP contribution >= 0.6 is 0 Å². The molecule has 1 aromatic heterocycles. The summed E-state index contributed by atoms with van der Waals surface area (Å²) in [6.45, 7) is 3.53. The van der Waals surface area contributed by atoms with E-state index in [9.17, 15) is 9.90 Å². The van der Waals surface area contributed by atoms with Crippen molar-refractivity contribution >= 4 is 11.7 Å². The highest BCUT2D eigenvalue weighted by Gasteiger charge is 2.21. The van der Waals surface area contributed by atoms with E-state index in [2.05, 4.69) is 15.0 Å². The first-order valence-corrected chi connectivity index (χ1v) is 10.4. The Bertz CT molecular complexity index is 1260. The molecule has 1 aliphatic heterocycles. The number of carbonyl (C=O) groups excluding carboxylic acids is 1. The highest BCUT2D eigenvalue weighted by Crippen LogP contribution is 2.35. The number of hydrogen-bond acceptors (Lipinski definition) is 7. The molecule has 0 amide bonds. The van der Waals surface area contributed by atoms with Gasteiger partial charge in [0.25, 0.3) is 0 Å². The predicted molar refractivity (Wildman–Crippen MR) is 120 cm³/mol. The van der Waals surface area contributed by atoms with Crippen molar-refractivity contribution in [3.63, 3.8) is 0 Å². The van der Waals surface area contributed by atoms with Crippen LogP contribution in [0.3, 0.4) is 0 Å². The monoisotopic (exact) mass is 450 g/mol. The number of rotatable bonds is 7. The van der Waals surface area contributed by atoms with Crippen molar-refractivity contribution < 1.29 is 28.6 Å². The van der Waals surface area contributed by atoms with Crippen molar-refractivity contribution in [2.45, 2.75) is 26.7 Å². The summed E-state index contributed by atoms with van der Waals surface area (Å²) in [6, 6.07) is 12.2. The van der Waals surface area contributed by atoms with E-state index in [1.54, 1.807) is 38.3 Å². The Morgan fingerprint density at radius 2 is 1.94 bits per heavy atom. The van der Waals surface area contributed by atoms with Gasteiger partial charge >= 0.3 is 5.97 Å². The number of halogens is 1. The van der Waals surface area contributed by atoms with E-state index in [4.69, 9.17) is 9.47 Å². The second kappa shape index (κ2) is 9.28. The molecule has 33 heavy (non-hydrogen) atoms. The van der Waals surface area contributed by atoms with E-state index in [1.807, 2.05) is 25.1 Å². The number of aromatic hydroxyl groups is 1. The van der Waals surface area contributed by atoms with Gasteiger partial charge in [0.05, 0.1) is 13.5 Å². The summed E-state index contributed by atoms with van der Waals surface area (Å²) < 4.78 is 26.0. The highest BCUT2D eigenvalue weighted by molar-refractivity contribution is 6.02. The molecule has 8 heteroatoms. The minimum atomic E-state index is -0.481. The standard InChI is InChI=1S/C25H23FN2O5/c1-14-10-22(32-13-17-12-23(30)33-28-17)24(26)15(2)19(14)11-16-8-9-20(29)25(27-16)18-6-4-5-7-21(18)31-3/h4-10,29H,11-13H2,1-3H3. The molecule has 0 fully saturated rings. The van der Waals surface area contributed by atoms with E-state index in [-0.39, 0.29) is 24.5 Å². The quantitative estimate of drug-likeness (QED) is 0.534. The van der Waals surface area contributed by atoms with Crippen molar-refractivity contribution in [1.82, 2.24) is 4.98 Å². The molecule has 3 aromatic rings. The van der Waals surface area contributed by atoms with Gasteiger partial charge in [-0.25, -0.2) is 14.2 Å². The molecule has 0 atom stereocenters. The lowest BCUT2D eigenvalue weighted by molar-refractivity contribution is -0.140. The number of aromatic nitrogens is 1. The first kappa shape index (κ1) is 22.3. The number of pyridine rings is 1. The third kappa shape index (κ3) is 4.64. The predicted octanol–water partition coefficient (Wildman–Crippen LogP) is 4.49. The van der Waals surface area contributed by atoms with Gasteiger partial charge in [-0.15, -0.1) is 0 Å². The van der Waals surface area contributed by atoms with Crippen molar-refractivity contribution in [3.8, 4) is 28.5 Å². The first-order valence-electron chi connectivity index (χ1n) is 10.4. The normalized spacial score (nSPS) is 13.0.